The first kappa shape index (κ1) is 18.4. The Morgan fingerprint density at radius 1 is 1.37 bits per heavy atom. The molecule has 0 aromatic heterocycles. The van der Waals surface area contributed by atoms with E-state index in [0.29, 0.717) is 5.92 Å². The molecule has 1 aromatic rings. The summed E-state index contributed by atoms with van der Waals surface area (Å²) in [6.07, 6.45) is 1.97. The van der Waals surface area contributed by atoms with Crippen molar-refractivity contribution in [2.24, 2.45) is 11.8 Å². The molecule has 1 N–H and O–H groups in total. The molecule has 0 bridgehead atoms. The third kappa shape index (κ3) is 2.61. The number of nitrogens with zero attached hydrogens (tertiary/aromatic N) is 1. The summed E-state index contributed by atoms with van der Waals surface area (Å²) in [6, 6.07) is 8.10. The van der Waals surface area contributed by atoms with Crippen molar-refractivity contribution in [3.05, 3.63) is 29.8 Å². The van der Waals surface area contributed by atoms with E-state index in [2.05, 4.69) is 23.2 Å². The number of hydrogen-bond donors (Lipinski definition) is 1. The van der Waals surface area contributed by atoms with Crippen molar-refractivity contribution in [2.75, 3.05) is 32.6 Å². The second-order valence-electron chi connectivity index (χ2n) is 7.98. The van der Waals surface area contributed by atoms with Crippen LogP contribution in [0.1, 0.15) is 31.7 Å². The average molecular weight is 372 g/mol. The van der Waals surface area contributed by atoms with Crippen LogP contribution in [0.5, 0.6) is 0 Å². The zero-order valence-electron chi connectivity index (χ0n) is 16.2. The molecule has 6 heteroatoms. The van der Waals surface area contributed by atoms with Gasteiger partial charge in [0.2, 0.25) is 5.91 Å². The Hall–Kier alpha value is -1.92. The normalized spacial score (nSPS) is 33.4. The van der Waals surface area contributed by atoms with E-state index in [1.807, 2.05) is 18.2 Å². The number of methoxy groups -OCH3 is 2. The Kier molecular flexibility index (Phi) is 4.72. The number of fused-ring (bicyclic) bond motifs is 4. The van der Waals surface area contributed by atoms with E-state index in [9.17, 15) is 9.59 Å². The summed E-state index contributed by atoms with van der Waals surface area (Å²) in [7, 11) is 2.98. The predicted octanol–water partition coefficient (Wildman–Crippen LogP) is 2.18. The maximum absolute atomic E-state index is 13.1. The molecule has 3 heterocycles. The van der Waals surface area contributed by atoms with E-state index in [4.69, 9.17) is 9.47 Å². The molecular formula is C21H28N2O4. The molecule has 146 valence electrons. The first-order valence-electron chi connectivity index (χ1n) is 9.82. The number of esters is 1. The van der Waals surface area contributed by atoms with Crippen molar-refractivity contribution in [2.45, 2.75) is 43.7 Å². The van der Waals surface area contributed by atoms with Gasteiger partial charge in [-0.1, -0.05) is 31.5 Å². The van der Waals surface area contributed by atoms with Gasteiger partial charge in [-0.05, 0) is 36.9 Å². The number of para-hydroxylation sites is 1. The first-order valence-corrected chi connectivity index (χ1v) is 9.82. The third-order valence-corrected chi connectivity index (χ3v) is 7.03. The Labute approximate surface area is 160 Å². The molecule has 0 aliphatic carbocycles. The molecule has 3 aliphatic rings. The number of rotatable bonds is 4. The minimum absolute atomic E-state index is 0.0456. The Morgan fingerprint density at radius 2 is 2.15 bits per heavy atom. The van der Waals surface area contributed by atoms with Gasteiger partial charge in [0.15, 0.2) is 6.10 Å². The molecule has 2 saturated heterocycles. The summed E-state index contributed by atoms with van der Waals surface area (Å²) in [5.41, 5.74) is 1.50. The maximum Gasteiger partial charge on any atom is 0.335 e. The highest BCUT2D eigenvalue weighted by molar-refractivity contribution is 6.07. The smallest absolute Gasteiger partial charge is 0.335 e. The van der Waals surface area contributed by atoms with Crippen molar-refractivity contribution in [3.63, 3.8) is 0 Å². The van der Waals surface area contributed by atoms with Gasteiger partial charge in [-0.25, -0.2) is 4.79 Å². The maximum atomic E-state index is 13.1. The van der Waals surface area contributed by atoms with Gasteiger partial charge in [-0.15, -0.1) is 0 Å². The zero-order valence-corrected chi connectivity index (χ0v) is 16.2. The molecule has 1 spiro atoms. The topological polar surface area (TPSA) is 67.9 Å². The molecule has 6 nitrogen and oxygen atoms in total. The van der Waals surface area contributed by atoms with Crippen LogP contribution in [0.3, 0.4) is 0 Å². The van der Waals surface area contributed by atoms with Crippen LogP contribution in [0.25, 0.3) is 0 Å². The van der Waals surface area contributed by atoms with Gasteiger partial charge < -0.3 is 14.8 Å². The highest BCUT2D eigenvalue weighted by Gasteiger charge is 2.60. The lowest BCUT2D eigenvalue weighted by Crippen LogP contribution is -2.56. The fourth-order valence-corrected chi connectivity index (χ4v) is 5.69. The van der Waals surface area contributed by atoms with Crippen LogP contribution in [0.2, 0.25) is 0 Å². The van der Waals surface area contributed by atoms with Gasteiger partial charge in [0.05, 0.1) is 12.5 Å². The number of benzene rings is 1. The van der Waals surface area contributed by atoms with Gasteiger partial charge in [-0.3, -0.25) is 9.69 Å². The number of nitrogens with one attached hydrogen (secondary N) is 1. The van der Waals surface area contributed by atoms with Crippen molar-refractivity contribution in [1.82, 2.24) is 4.90 Å². The molecule has 27 heavy (non-hydrogen) atoms. The molecule has 2 unspecified atom stereocenters. The van der Waals surface area contributed by atoms with E-state index >= 15 is 0 Å². The summed E-state index contributed by atoms with van der Waals surface area (Å²) < 4.78 is 10.6. The van der Waals surface area contributed by atoms with E-state index in [1.54, 1.807) is 7.11 Å². The van der Waals surface area contributed by atoms with Gasteiger partial charge in [0, 0.05) is 31.3 Å². The molecule has 1 aromatic carbocycles. The third-order valence-electron chi connectivity index (χ3n) is 7.03. The molecule has 5 atom stereocenters. The summed E-state index contributed by atoms with van der Waals surface area (Å²) in [6.45, 7) is 3.96. The quantitative estimate of drug-likeness (QED) is 0.821. The van der Waals surface area contributed by atoms with Crippen LogP contribution < -0.4 is 5.32 Å². The highest BCUT2D eigenvalue weighted by atomic mass is 16.6. The SMILES string of the molecule is CC[C@H]1CN2CC[C@@]3(C(=O)Nc4ccccc43)C2C[C@@H]1C(OC)C(=O)OC. The van der Waals surface area contributed by atoms with E-state index < -0.39 is 11.5 Å². The largest absolute Gasteiger partial charge is 0.467 e. The van der Waals surface area contributed by atoms with Gasteiger partial charge >= 0.3 is 5.97 Å². The summed E-state index contributed by atoms with van der Waals surface area (Å²) in [4.78, 5) is 27.9. The van der Waals surface area contributed by atoms with Crippen LogP contribution in [-0.2, 0) is 24.5 Å². The van der Waals surface area contributed by atoms with Gasteiger partial charge in [0.1, 0.15) is 0 Å². The van der Waals surface area contributed by atoms with E-state index in [1.165, 1.54) is 7.11 Å². The number of ether oxygens (including phenoxy) is 2. The molecule has 1 amide bonds. The summed E-state index contributed by atoms with van der Waals surface area (Å²) in [5.74, 6) is 0.166. The van der Waals surface area contributed by atoms with Crippen molar-refractivity contribution >= 4 is 17.6 Å². The Balaban J connectivity index is 1.71. The predicted molar refractivity (Wildman–Crippen MR) is 101 cm³/mol. The second-order valence-corrected chi connectivity index (χ2v) is 7.98. The Morgan fingerprint density at radius 3 is 2.85 bits per heavy atom. The van der Waals surface area contributed by atoms with Crippen molar-refractivity contribution in [3.8, 4) is 0 Å². The molecule has 4 rings (SSSR count). The number of carbonyl (C=O) groups is 2. The first-order chi connectivity index (χ1) is 13.1. The number of piperidine rings is 1. The minimum Gasteiger partial charge on any atom is -0.467 e. The van der Waals surface area contributed by atoms with Crippen LogP contribution in [0, 0.1) is 11.8 Å². The van der Waals surface area contributed by atoms with Crippen LogP contribution in [-0.4, -0.2) is 56.2 Å². The lowest BCUT2D eigenvalue weighted by Gasteiger charge is -2.46. The molecule has 2 fully saturated rings. The van der Waals surface area contributed by atoms with E-state index in [0.717, 1.165) is 43.6 Å². The summed E-state index contributed by atoms with van der Waals surface area (Å²) >= 11 is 0. The van der Waals surface area contributed by atoms with Crippen molar-refractivity contribution < 1.29 is 19.1 Å². The van der Waals surface area contributed by atoms with Crippen molar-refractivity contribution in [1.29, 1.82) is 0 Å². The lowest BCUT2D eigenvalue weighted by molar-refractivity contribution is -0.160. The number of carbonyl (C=O) groups excluding carboxylic acids is 2. The lowest BCUT2D eigenvalue weighted by atomic mass is 9.67. The number of hydrogen-bond acceptors (Lipinski definition) is 5. The number of anilines is 1. The van der Waals surface area contributed by atoms with Crippen LogP contribution in [0.4, 0.5) is 5.69 Å². The average Bonchev–Trinajstić information content (AvgIpc) is 3.20. The number of amides is 1. The molecule has 0 saturated carbocycles. The second kappa shape index (κ2) is 6.91. The van der Waals surface area contributed by atoms with Gasteiger partial charge in [0.25, 0.3) is 0 Å². The minimum atomic E-state index is -0.584. The molecule has 0 radical (unpaired) electrons. The van der Waals surface area contributed by atoms with Gasteiger partial charge in [-0.2, -0.15) is 0 Å². The Bertz CT molecular complexity index is 751. The zero-order chi connectivity index (χ0) is 19.2. The fourth-order valence-electron chi connectivity index (χ4n) is 5.69. The monoisotopic (exact) mass is 372 g/mol. The standard InChI is InChI=1S/C21H28N2O4/c1-4-13-12-23-10-9-21(15-7-5-6-8-16(15)22-20(21)25)17(23)11-14(13)18(26-2)19(24)27-3/h5-8,13-14,17-18H,4,9-12H2,1-3H3,(H,22,25)/t13-,14-,17?,18?,21-/m0/s1. The fraction of sp³-hybridized carbons (Fsp3) is 0.619. The molecule has 3 aliphatic heterocycles. The van der Waals surface area contributed by atoms with Crippen LogP contribution >= 0.6 is 0 Å². The highest BCUT2D eigenvalue weighted by Crippen LogP contribution is 2.52. The van der Waals surface area contributed by atoms with Crippen LogP contribution in [0.15, 0.2) is 24.3 Å². The summed E-state index contributed by atoms with van der Waals surface area (Å²) in [5, 5.41) is 3.09. The van der Waals surface area contributed by atoms with E-state index in [-0.39, 0.29) is 23.8 Å². The molecular weight excluding hydrogens is 344 g/mol.